The second-order valence-corrected chi connectivity index (χ2v) is 11.0. The summed E-state index contributed by atoms with van der Waals surface area (Å²) in [5.41, 5.74) is 5.72. The minimum absolute atomic E-state index is 0.0415. The summed E-state index contributed by atoms with van der Waals surface area (Å²) in [7, 11) is 0. The fraction of sp³-hybridized carbons (Fsp3) is 0.360. The highest BCUT2D eigenvalue weighted by molar-refractivity contribution is 8.15. The molecule has 38 heavy (non-hydrogen) atoms. The van der Waals surface area contributed by atoms with Crippen LogP contribution in [0.2, 0.25) is 0 Å². The van der Waals surface area contributed by atoms with Crippen LogP contribution in [0.25, 0.3) is 0 Å². The first-order valence-electron chi connectivity index (χ1n) is 12.1. The third-order valence-electron chi connectivity index (χ3n) is 6.97. The van der Waals surface area contributed by atoms with Crippen LogP contribution in [0.1, 0.15) is 48.1 Å². The minimum atomic E-state index is -1.07. The maximum Gasteiger partial charge on any atom is 0.275 e. The molecule has 0 saturated heterocycles. The lowest BCUT2D eigenvalue weighted by molar-refractivity contribution is -0.121. The third kappa shape index (κ3) is 4.46. The Bertz CT molecular complexity index is 1430. The standard InChI is InChI=1S/C25H24FN7O4S/c1-24(18-9-25(18,38-23(27)33-24)22(35)32-13-2-3-13)15-8-14(4-5-16(15)26)31-21(34)17-10-30-19(11-29-17)37-12-20-28-6-7-36-20/h4-8,10-11,13,18H,2-3,9,12H2,1H3,(H2,27,33)(H,31,34)(H,32,35)/t18-,24+,25-/m0/s1. The van der Waals surface area contributed by atoms with Crippen LogP contribution in [-0.2, 0) is 16.9 Å². The lowest BCUT2D eigenvalue weighted by atomic mass is 9.85. The molecule has 1 aliphatic heterocycles. The molecule has 6 rings (SSSR count). The molecule has 3 aliphatic rings. The number of aliphatic imine (C=N–C) groups is 1. The van der Waals surface area contributed by atoms with Crippen LogP contribution in [0.4, 0.5) is 10.1 Å². The summed E-state index contributed by atoms with van der Waals surface area (Å²) in [6.45, 7) is 1.85. The molecule has 0 radical (unpaired) electrons. The second-order valence-electron chi connectivity index (χ2n) is 9.70. The van der Waals surface area contributed by atoms with Crippen molar-refractivity contribution in [3.63, 3.8) is 0 Å². The molecule has 2 saturated carbocycles. The lowest BCUT2D eigenvalue weighted by Crippen LogP contribution is -2.44. The zero-order chi connectivity index (χ0) is 26.5. The van der Waals surface area contributed by atoms with Gasteiger partial charge in [0, 0.05) is 23.2 Å². The van der Waals surface area contributed by atoms with Crippen LogP contribution in [0.3, 0.4) is 0 Å². The van der Waals surface area contributed by atoms with Gasteiger partial charge in [0.25, 0.3) is 5.91 Å². The van der Waals surface area contributed by atoms with Crippen molar-refractivity contribution in [1.82, 2.24) is 20.3 Å². The third-order valence-corrected chi connectivity index (χ3v) is 8.27. The van der Waals surface area contributed by atoms with E-state index in [1.165, 1.54) is 54.8 Å². The SMILES string of the molecule is C[C@]1(c2cc(NC(=O)c3cnc(OCc4ncco4)cn3)ccc2F)N=C(N)S[C@@]2(C(=O)NC3CC3)C[C@H]21. The highest BCUT2D eigenvalue weighted by atomic mass is 32.2. The number of carbonyl (C=O) groups excluding carboxylic acids is 2. The molecule has 3 atom stereocenters. The number of benzene rings is 1. The summed E-state index contributed by atoms with van der Waals surface area (Å²) >= 11 is 1.25. The minimum Gasteiger partial charge on any atom is -0.467 e. The summed E-state index contributed by atoms with van der Waals surface area (Å²) < 4.78 is 24.9. The fourth-order valence-corrected chi connectivity index (χ4v) is 6.14. The van der Waals surface area contributed by atoms with Crippen molar-refractivity contribution >= 4 is 34.4 Å². The van der Waals surface area contributed by atoms with Crippen molar-refractivity contribution < 1.29 is 23.1 Å². The number of fused-ring (bicyclic) bond motifs is 1. The van der Waals surface area contributed by atoms with Gasteiger partial charge in [0.05, 0.1) is 24.1 Å². The zero-order valence-electron chi connectivity index (χ0n) is 20.3. The number of amidine groups is 1. The van der Waals surface area contributed by atoms with Gasteiger partial charge >= 0.3 is 0 Å². The maximum atomic E-state index is 15.2. The van der Waals surface area contributed by atoms with Gasteiger partial charge in [0.2, 0.25) is 17.7 Å². The van der Waals surface area contributed by atoms with Crippen LogP contribution in [0, 0.1) is 11.7 Å². The van der Waals surface area contributed by atoms with Crippen molar-refractivity contribution in [2.45, 2.75) is 49.1 Å². The van der Waals surface area contributed by atoms with E-state index in [2.05, 4.69) is 30.6 Å². The highest BCUT2D eigenvalue weighted by Gasteiger charge is 2.70. The van der Waals surface area contributed by atoms with Crippen molar-refractivity contribution in [3.8, 4) is 5.88 Å². The quantitative estimate of drug-likeness (QED) is 0.393. The van der Waals surface area contributed by atoms with Gasteiger partial charge in [-0.1, -0.05) is 11.8 Å². The Morgan fingerprint density at radius 3 is 2.82 bits per heavy atom. The molecule has 13 heteroatoms. The van der Waals surface area contributed by atoms with Gasteiger partial charge in [-0.2, -0.15) is 0 Å². The van der Waals surface area contributed by atoms with Crippen molar-refractivity contribution in [3.05, 3.63) is 66.0 Å². The highest BCUT2D eigenvalue weighted by Crippen LogP contribution is 2.66. The van der Waals surface area contributed by atoms with E-state index in [1.54, 1.807) is 6.92 Å². The molecule has 2 amide bonds. The number of anilines is 1. The molecule has 0 unspecified atom stereocenters. The summed E-state index contributed by atoms with van der Waals surface area (Å²) in [5.74, 6) is -0.766. The molecule has 3 heterocycles. The molecule has 1 aromatic carbocycles. The number of nitrogens with zero attached hydrogens (tertiary/aromatic N) is 4. The van der Waals surface area contributed by atoms with Gasteiger partial charge in [-0.3, -0.25) is 14.6 Å². The predicted molar refractivity (Wildman–Crippen MR) is 136 cm³/mol. The molecular weight excluding hydrogens is 513 g/mol. The maximum absolute atomic E-state index is 15.2. The number of halogens is 1. The van der Waals surface area contributed by atoms with Gasteiger partial charge in [0.1, 0.15) is 22.5 Å². The first-order valence-corrected chi connectivity index (χ1v) is 12.9. The van der Waals surface area contributed by atoms with Crippen molar-refractivity contribution in [1.29, 1.82) is 0 Å². The number of nitrogens with one attached hydrogen (secondary N) is 2. The smallest absolute Gasteiger partial charge is 0.275 e. The Morgan fingerprint density at radius 1 is 1.26 bits per heavy atom. The van der Waals surface area contributed by atoms with Crippen LogP contribution in [-0.4, -0.2) is 42.7 Å². The molecule has 0 bridgehead atoms. The van der Waals surface area contributed by atoms with E-state index in [1.807, 2.05) is 0 Å². The molecule has 3 aromatic rings. The number of amides is 2. The molecule has 0 spiro atoms. The number of thioether (sulfide) groups is 1. The van der Waals surface area contributed by atoms with E-state index in [0.29, 0.717) is 18.0 Å². The molecular formula is C25H24FN7O4S. The normalized spacial score (nSPS) is 25.6. The Kier molecular flexibility index (Phi) is 5.82. The average molecular weight is 538 g/mol. The molecule has 196 valence electrons. The van der Waals surface area contributed by atoms with Crippen LogP contribution < -0.4 is 21.1 Å². The number of aromatic nitrogens is 3. The van der Waals surface area contributed by atoms with Crippen molar-refractivity contribution in [2.75, 3.05) is 5.32 Å². The van der Waals surface area contributed by atoms with E-state index < -0.39 is 22.0 Å². The number of hydrogen-bond donors (Lipinski definition) is 3. The van der Waals surface area contributed by atoms with Gasteiger partial charge < -0.3 is 25.5 Å². The summed E-state index contributed by atoms with van der Waals surface area (Å²) in [6, 6.07) is 4.45. The summed E-state index contributed by atoms with van der Waals surface area (Å²) in [6.07, 6.45) is 7.99. The number of carbonyl (C=O) groups is 2. The Hall–Kier alpha value is -4.00. The van der Waals surface area contributed by atoms with Gasteiger partial charge in [-0.15, -0.1) is 0 Å². The van der Waals surface area contributed by atoms with E-state index in [0.717, 1.165) is 12.8 Å². The first-order chi connectivity index (χ1) is 18.3. The summed E-state index contributed by atoms with van der Waals surface area (Å²) in [4.78, 5) is 42.6. The zero-order valence-corrected chi connectivity index (χ0v) is 21.1. The number of ether oxygens (including phenoxy) is 1. The van der Waals surface area contributed by atoms with Gasteiger partial charge in [0.15, 0.2) is 11.8 Å². The number of oxazole rings is 1. The van der Waals surface area contributed by atoms with Crippen LogP contribution in [0.15, 0.2) is 52.5 Å². The molecule has 4 N–H and O–H groups in total. The van der Waals surface area contributed by atoms with Gasteiger partial charge in [-0.25, -0.2) is 19.3 Å². The van der Waals surface area contributed by atoms with E-state index >= 15 is 4.39 Å². The Labute approximate surface area is 220 Å². The van der Waals surface area contributed by atoms with Crippen molar-refractivity contribution in [2.24, 2.45) is 16.6 Å². The average Bonchev–Trinajstić information content (AvgIpc) is 3.80. The molecule has 2 aliphatic carbocycles. The number of nitrogens with two attached hydrogens (primary N) is 1. The van der Waals surface area contributed by atoms with E-state index in [9.17, 15) is 9.59 Å². The fourth-order valence-electron chi connectivity index (χ4n) is 4.76. The lowest BCUT2D eigenvalue weighted by Gasteiger charge is -2.34. The number of hydrogen-bond acceptors (Lipinski definition) is 10. The Balaban J connectivity index is 1.18. The van der Waals surface area contributed by atoms with Gasteiger partial charge in [-0.05, 0) is 44.4 Å². The topological polar surface area (TPSA) is 158 Å². The summed E-state index contributed by atoms with van der Waals surface area (Å²) in [5, 5.41) is 6.02. The van der Waals surface area contributed by atoms with E-state index in [4.69, 9.17) is 14.9 Å². The first kappa shape index (κ1) is 24.3. The van der Waals surface area contributed by atoms with Crippen LogP contribution in [0.5, 0.6) is 5.88 Å². The monoisotopic (exact) mass is 537 g/mol. The Morgan fingerprint density at radius 2 is 2.11 bits per heavy atom. The molecule has 2 fully saturated rings. The molecule has 11 nitrogen and oxygen atoms in total. The number of rotatable bonds is 8. The largest absolute Gasteiger partial charge is 0.467 e. The molecule has 2 aromatic heterocycles. The van der Waals surface area contributed by atoms with E-state index in [-0.39, 0.29) is 46.8 Å². The second kappa shape index (κ2) is 9.08. The predicted octanol–water partition coefficient (Wildman–Crippen LogP) is 2.75. The van der Waals surface area contributed by atoms with Crippen LogP contribution >= 0.6 is 11.8 Å².